The van der Waals surface area contributed by atoms with Crippen molar-refractivity contribution in [3.05, 3.63) is 45.7 Å². The molecule has 0 bridgehead atoms. The van der Waals surface area contributed by atoms with Crippen molar-refractivity contribution >= 4 is 11.3 Å². The average molecular weight is 285 g/mol. The van der Waals surface area contributed by atoms with Crippen molar-refractivity contribution in [2.75, 3.05) is 14.2 Å². The smallest absolute Gasteiger partial charge is 0.134 e. The fourth-order valence-corrected chi connectivity index (χ4v) is 2.59. The van der Waals surface area contributed by atoms with E-state index >= 15 is 0 Å². The minimum atomic E-state index is -0.875. The number of thiophene rings is 1. The van der Waals surface area contributed by atoms with Crippen molar-refractivity contribution in [3.8, 4) is 11.5 Å². The lowest BCUT2D eigenvalue weighted by molar-refractivity contribution is 0.404. The summed E-state index contributed by atoms with van der Waals surface area (Å²) in [4.78, 5) is 0.625. The Balaban J connectivity index is 2.40. The van der Waals surface area contributed by atoms with Gasteiger partial charge >= 0.3 is 0 Å². The summed E-state index contributed by atoms with van der Waals surface area (Å²) in [5.41, 5.74) is 5.74. The monoisotopic (exact) mass is 285 g/mol. The molecule has 0 aliphatic heterocycles. The summed E-state index contributed by atoms with van der Waals surface area (Å²) in [6, 6.07) is 3.02. The second-order valence-corrected chi connectivity index (χ2v) is 4.81. The molecule has 0 saturated carbocycles. The summed E-state index contributed by atoms with van der Waals surface area (Å²) < 4.78 is 37.6. The van der Waals surface area contributed by atoms with Crippen molar-refractivity contribution in [1.29, 1.82) is 0 Å². The molecule has 3 nitrogen and oxygen atoms in total. The van der Waals surface area contributed by atoms with E-state index in [1.807, 2.05) is 0 Å². The number of benzene rings is 1. The van der Waals surface area contributed by atoms with Gasteiger partial charge < -0.3 is 15.2 Å². The molecule has 6 heteroatoms. The van der Waals surface area contributed by atoms with Gasteiger partial charge in [-0.25, -0.2) is 8.78 Å². The third-order valence-corrected chi connectivity index (χ3v) is 3.73. The first kappa shape index (κ1) is 13.8. The van der Waals surface area contributed by atoms with Gasteiger partial charge in [-0.15, -0.1) is 11.3 Å². The van der Waals surface area contributed by atoms with Crippen LogP contribution < -0.4 is 15.2 Å². The van der Waals surface area contributed by atoms with E-state index < -0.39 is 17.7 Å². The van der Waals surface area contributed by atoms with Crippen LogP contribution in [0.3, 0.4) is 0 Å². The lowest BCUT2D eigenvalue weighted by Gasteiger charge is -2.13. The van der Waals surface area contributed by atoms with Gasteiger partial charge in [-0.2, -0.15) is 0 Å². The Bertz CT molecular complexity index is 563. The number of halogens is 2. The minimum Gasteiger partial charge on any atom is -0.497 e. The zero-order chi connectivity index (χ0) is 14.0. The van der Waals surface area contributed by atoms with Crippen molar-refractivity contribution < 1.29 is 18.3 Å². The SMILES string of the molecule is COc1csc(C(N)c2c(F)cc(OC)cc2F)c1. The van der Waals surface area contributed by atoms with Gasteiger partial charge in [0.2, 0.25) is 0 Å². The normalized spacial score (nSPS) is 12.3. The molecule has 1 atom stereocenters. The van der Waals surface area contributed by atoms with Crippen LogP contribution in [0, 0.1) is 11.6 Å². The average Bonchev–Trinajstić information content (AvgIpc) is 2.86. The number of rotatable bonds is 4. The number of ether oxygens (including phenoxy) is 2. The van der Waals surface area contributed by atoms with Crippen LogP contribution in [0.15, 0.2) is 23.6 Å². The van der Waals surface area contributed by atoms with E-state index in [0.29, 0.717) is 10.6 Å². The number of hydrogen-bond donors (Lipinski definition) is 1. The second-order valence-electron chi connectivity index (χ2n) is 3.87. The van der Waals surface area contributed by atoms with Crippen molar-refractivity contribution in [2.24, 2.45) is 5.73 Å². The highest BCUT2D eigenvalue weighted by atomic mass is 32.1. The van der Waals surface area contributed by atoms with E-state index in [1.165, 1.54) is 25.6 Å². The van der Waals surface area contributed by atoms with Gasteiger partial charge in [-0.05, 0) is 6.07 Å². The van der Waals surface area contributed by atoms with E-state index in [0.717, 1.165) is 12.1 Å². The predicted molar refractivity (Wildman–Crippen MR) is 69.8 cm³/mol. The van der Waals surface area contributed by atoms with Gasteiger partial charge in [0.05, 0.1) is 20.3 Å². The molecule has 2 rings (SSSR count). The van der Waals surface area contributed by atoms with E-state index in [9.17, 15) is 8.78 Å². The first-order valence-electron chi connectivity index (χ1n) is 5.47. The van der Waals surface area contributed by atoms with Gasteiger partial charge in [0.1, 0.15) is 23.1 Å². The molecule has 1 heterocycles. The molecule has 1 aromatic heterocycles. The van der Waals surface area contributed by atoms with Gasteiger partial charge in [-0.1, -0.05) is 0 Å². The quantitative estimate of drug-likeness (QED) is 0.939. The first-order valence-corrected chi connectivity index (χ1v) is 6.35. The Hall–Kier alpha value is -1.66. The zero-order valence-corrected chi connectivity index (χ0v) is 11.3. The summed E-state index contributed by atoms with van der Waals surface area (Å²) >= 11 is 1.29. The Labute approximate surface area is 113 Å². The van der Waals surface area contributed by atoms with Gasteiger partial charge in [-0.3, -0.25) is 0 Å². The highest BCUT2D eigenvalue weighted by Crippen LogP contribution is 2.33. The highest BCUT2D eigenvalue weighted by molar-refractivity contribution is 7.10. The summed E-state index contributed by atoms with van der Waals surface area (Å²) in [6.45, 7) is 0. The molecule has 19 heavy (non-hydrogen) atoms. The fraction of sp³-hybridized carbons (Fsp3) is 0.231. The maximum Gasteiger partial charge on any atom is 0.134 e. The van der Waals surface area contributed by atoms with Gasteiger partial charge in [0, 0.05) is 28.0 Å². The van der Waals surface area contributed by atoms with Crippen LogP contribution in [-0.4, -0.2) is 14.2 Å². The van der Waals surface area contributed by atoms with E-state index in [1.54, 1.807) is 11.4 Å². The first-order chi connectivity index (χ1) is 9.06. The number of methoxy groups -OCH3 is 2. The molecule has 0 amide bonds. The van der Waals surface area contributed by atoms with Crippen LogP contribution in [0.4, 0.5) is 8.78 Å². The summed E-state index contributed by atoms with van der Waals surface area (Å²) in [7, 11) is 2.86. The third-order valence-electron chi connectivity index (χ3n) is 2.74. The summed E-state index contributed by atoms with van der Waals surface area (Å²) in [5.74, 6) is -0.715. The molecule has 0 fully saturated rings. The maximum atomic E-state index is 13.9. The Morgan fingerprint density at radius 3 is 2.11 bits per heavy atom. The predicted octanol–water partition coefficient (Wildman–Crippen LogP) is 3.09. The summed E-state index contributed by atoms with van der Waals surface area (Å²) in [5, 5.41) is 1.73. The molecule has 0 radical (unpaired) electrons. The Morgan fingerprint density at radius 2 is 1.63 bits per heavy atom. The molecule has 0 aliphatic rings. The van der Waals surface area contributed by atoms with Crippen LogP contribution in [0.5, 0.6) is 11.5 Å². The lowest BCUT2D eigenvalue weighted by Crippen LogP contribution is -2.14. The van der Waals surface area contributed by atoms with Crippen LogP contribution in [0.25, 0.3) is 0 Å². The molecule has 102 valence electrons. The van der Waals surface area contributed by atoms with Crippen molar-refractivity contribution in [3.63, 3.8) is 0 Å². The van der Waals surface area contributed by atoms with Gasteiger partial charge in [0.25, 0.3) is 0 Å². The third kappa shape index (κ3) is 2.69. The standard InChI is InChI=1S/C13H13F2NO2S/c1-17-7-3-9(14)12(10(15)4-7)13(16)11-5-8(18-2)6-19-11/h3-6,13H,16H2,1-2H3. The topological polar surface area (TPSA) is 44.5 Å². The fourth-order valence-electron chi connectivity index (χ4n) is 1.72. The minimum absolute atomic E-state index is 0.120. The van der Waals surface area contributed by atoms with E-state index in [4.69, 9.17) is 15.2 Å². The Kier molecular flexibility index (Phi) is 4.01. The molecule has 2 aromatic rings. The number of hydrogen-bond acceptors (Lipinski definition) is 4. The molecule has 0 aliphatic carbocycles. The molecule has 1 aromatic carbocycles. The van der Waals surface area contributed by atoms with Gasteiger partial charge in [0.15, 0.2) is 0 Å². The van der Waals surface area contributed by atoms with Crippen LogP contribution in [0.2, 0.25) is 0 Å². The number of nitrogens with two attached hydrogens (primary N) is 1. The van der Waals surface area contributed by atoms with Crippen molar-refractivity contribution in [1.82, 2.24) is 0 Å². The Morgan fingerprint density at radius 1 is 1.05 bits per heavy atom. The van der Waals surface area contributed by atoms with Crippen LogP contribution in [0.1, 0.15) is 16.5 Å². The second kappa shape index (κ2) is 5.54. The molecule has 0 spiro atoms. The van der Waals surface area contributed by atoms with Crippen LogP contribution in [-0.2, 0) is 0 Å². The molecule has 2 N–H and O–H groups in total. The lowest BCUT2D eigenvalue weighted by atomic mass is 10.0. The van der Waals surface area contributed by atoms with Crippen molar-refractivity contribution in [2.45, 2.75) is 6.04 Å². The molecular formula is C13H13F2NO2S. The molecule has 1 unspecified atom stereocenters. The van der Waals surface area contributed by atoms with Crippen LogP contribution >= 0.6 is 11.3 Å². The molecule has 0 saturated heterocycles. The van der Waals surface area contributed by atoms with E-state index in [-0.39, 0.29) is 11.3 Å². The summed E-state index contributed by atoms with van der Waals surface area (Å²) in [6.07, 6.45) is 0. The van der Waals surface area contributed by atoms with E-state index in [2.05, 4.69) is 0 Å². The maximum absolute atomic E-state index is 13.9. The molecular weight excluding hydrogens is 272 g/mol. The highest BCUT2D eigenvalue weighted by Gasteiger charge is 2.21. The largest absolute Gasteiger partial charge is 0.497 e. The zero-order valence-electron chi connectivity index (χ0n) is 10.4.